The van der Waals surface area contributed by atoms with Crippen LogP contribution < -0.4 is 10.6 Å². The normalized spacial score (nSPS) is 22.3. The Morgan fingerprint density at radius 2 is 0.649 bits per heavy atom. The fourth-order valence-corrected chi connectivity index (χ4v) is 16.1. The van der Waals surface area contributed by atoms with Gasteiger partial charge in [0.25, 0.3) is 0 Å². The molecule has 1 aromatic rings. The van der Waals surface area contributed by atoms with Gasteiger partial charge in [0.15, 0.2) is 0 Å². The Balaban J connectivity index is 0.000000919. The van der Waals surface area contributed by atoms with Gasteiger partial charge in [-0.15, -0.1) is 0 Å². The first-order valence-corrected chi connectivity index (χ1v) is 18.1. The molecule has 5 rings (SSSR count). The third-order valence-corrected chi connectivity index (χ3v) is 16.6. The standard InChI is InChI=1S/C30H48P2.2CH2O.Ni/c1-5-15-25(16-6-1)31(26-17-7-2-8-18-26)29-23-13-14-24-30(29)32(27-19-9-3-10-20-27)28-21-11-4-12-22-28;2*1-2;/h13-14,23-28H,1-12,15-22H2;2*1H2;. The van der Waals surface area contributed by atoms with Gasteiger partial charge in [-0.25, -0.2) is 0 Å². The topological polar surface area (TPSA) is 34.1 Å². The van der Waals surface area contributed by atoms with E-state index in [9.17, 15) is 0 Å². The minimum absolute atomic E-state index is 0. The van der Waals surface area contributed by atoms with E-state index in [4.69, 9.17) is 9.59 Å². The van der Waals surface area contributed by atoms with Crippen LogP contribution in [0.25, 0.3) is 0 Å². The van der Waals surface area contributed by atoms with Crippen molar-refractivity contribution in [2.24, 2.45) is 0 Å². The number of hydrogen-bond acceptors (Lipinski definition) is 2. The maximum atomic E-state index is 8.00. The van der Waals surface area contributed by atoms with Crippen molar-refractivity contribution in [3.8, 4) is 0 Å². The van der Waals surface area contributed by atoms with E-state index in [0.29, 0.717) is 0 Å². The number of carbonyl (C=O) groups is 2. The Bertz CT molecular complexity index is 626. The van der Waals surface area contributed by atoms with E-state index in [2.05, 4.69) is 24.3 Å². The van der Waals surface area contributed by atoms with E-state index in [1.54, 1.807) is 51.4 Å². The Labute approximate surface area is 240 Å². The molecule has 0 unspecified atom stereocenters. The van der Waals surface area contributed by atoms with E-state index in [1.165, 1.54) is 77.0 Å². The number of rotatable bonds is 6. The second-order valence-corrected chi connectivity index (χ2v) is 17.0. The van der Waals surface area contributed by atoms with Gasteiger partial charge in [0, 0.05) is 16.5 Å². The maximum Gasteiger partial charge on any atom is 0.106 e. The van der Waals surface area contributed by atoms with Crippen LogP contribution in [0.5, 0.6) is 0 Å². The Kier molecular flexibility index (Phi) is 17.1. The molecule has 0 spiro atoms. The van der Waals surface area contributed by atoms with Gasteiger partial charge in [0.2, 0.25) is 0 Å². The molecule has 0 bridgehead atoms. The molecule has 0 aromatic heterocycles. The summed E-state index contributed by atoms with van der Waals surface area (Å²) >= 11 is 0. The fourth-order valence-electron chi connectivity index (χ4n) is 7.72. The zero-order valence-corrected chi connectivity index (χ0v) is 26.0. The monoisotopic (exact) mass is 588 g/mol. The fraction of sp³-hybridized carbons (Fsp3) is 0.750. The number of benzene rings is 1. The van der Waals surface area contributed by atoms with Crippen LogP contribution in [0.15, 0.2) is 24.3 Å². The van der Waals surface area contributed by atoms with Gasteiger partial charge in [-0.3, -0.25) is 0 Å². The summed E-state index contributed by atoms with van der Waals surface area (Å²) in [5.74, 6) is 0. The quantitative estimate of drug-likeness (QED) is 0.246. The molecule has 0 radical (unpaired) electrons. The van der Waals surface area contributed by atoms with Crippen LogP contribution in [0.3, 0.4) is 0 Å². The van der Waals surface area contributed by atoms with Gasteiger partial charge in [-0.1, -0.05) is 117 Å². The maximum absolute atomic E-state index is 8.00. The minimum atomic E-state index is 0. The van der Waals surface area contributed by atoms with Crippen LogP contribution in [-0.2, 0) is 26.1 Å². The zero-order chi connectivity index (χ0) is 25.6. The third-order valence-electron chi connectivity index (χ3n) is 9.31. The predicted molar refractivity (Wildman–Crippen MR) is 161 cm³/mol. The first kappa shape index (κ1) is 33.1. The van der Waals surface area contributed by atoms with E-state index >= 15 is 0 Å². The van der Waals surface area contributed by atoms with E-state index in [1.807, 2.05) is 24.2 Å². The Hall–Kier alpha value is -0.0865. The smallest absolute Gasteiger partial charge is 0.106 e. The Morgan fingerprint density at radius 1 is 0.432 bits per heavy atom. The Morgan fingerprint density at radius 3 is 0.865 bits per heavy atom. The van der Waals surface area contributed by atoms with Crippen molar-refractivity contribution in [3.05, 3.63) is 24.3 Å². The minimum Gasteiger partial charge on any atom is -0.307 e. The van der Waals surface area contributed by atoms with Crippen LogP contribution in [0.2, 0.25) is 0 Å². The molecule has 4 aliphatic rings. The van der Waals surface area contributed by atoms with Crippen molar-refractivity contribution in [3.63, 3.8) is 0 Å². The molecular weight excluding hydrogens is 537 g/mol. The van der Waals surface area contributed by atoms with E-state index in [-0.39, 0.29) is 32.3 Å². The molecule has 0 saturated heterocycles. The summed E-state index contributed by atoms with van der Waals surface area (Å²) < 4.78 is 0. The first-order chi connectivity index (χ1) is 17.9. The molecule has 0 N–H and O–H groups in total. The van der Waals surface area contributed by atoms with Crippen molar-refractivity contribution in [1.29, 1.82) is 0 Å². The van der Waals surface area contributed by atoms with Crippen molar-refractivity contribution in [2.75, 3.05) is 0 Å². The summed E-state index contributed by atoms with van der Waals surface area (Å²) in [6.45, 7) is 4.00. The molecule has 4 aliphatic carbocycles. The van der Waals surface area contributed by atoms with E-state index < -0.39 is 0 Å². The van der Waals surface area contributed by atoms with Crippen LogP contribution in [0.4, 0.5) is 0 Å². The first-order valence-electron chi connectivity index (χ1n) is 15.2. The summed E-state index contributed by atoms with van der Waals surface area (Å²) in [4.78, 5) is 16.0. The molecule has 37 heavy (non-hydrogen) atoms. The number of hydrogen-bond donors (Lipinski definition) is 0. The van der Waals surface area contributed by atoms with Gasteiger partial charge >= 0.3 is 0 Å². The molecule has 0 aliphatic heterocycles. The van der Waals surface area contributed by atoms with Gasteiger partial charge in [0.1, 0.15) is 13.6 Å². The van der Waals surface area contributed by atoms with Gasteiger partial charge in [-0.2, -0.15) is 0 Å². The summed E-state index contributed by atoms with van der Waals surface area (Å²) in [7, 11) is 0.0576. The largest absolute Gasteiger partial charge is 0.307 e. The third kappa shape index (κ3) is 9.23. The van der Waals surface area contributed by atoms with Crippen molar-refractivity contribution in [1.82, 2.24) is 0 Å². The summed E-state index contributed by atoms with van der Waals surface area (Å²) in [5, 5.41) is 3.90. The molecule has 4 saturated carbocycles. The molecule has 212 valence electrons. The average molecular weight is 589 g/mol. The summed E-state index contributed by atoms with van der Waals surface area (Å²) in [5.41, 5.74) is 4.16. The van der Waals surface area contributed by atoms with Crippen LogP contribution >= 0.6 is 15.8 Å². The molecule has 2 nitrogen and oxygen atoms in total. The summed E-state index contributed by atoms with van der Waals surface area (Å²) in [6.07, 6.45) is 30.5. The van der Waals surface area contributed by atoms with Gasteiger partial charge < -0.3 is 9.59 Å². The zero-order valence-electron chi connectivity index (χ0n) is 23.2. The molecule has 4 fully saturated rings. The average Bonchev–Trinajstić information content (AvgIpc) is 2.99. The van der Waals surface area contributed by atoms with Gasteiger partial charge in [-0.05, 0) is 84.6 Å². The van der Waals surface area contributed by atoms with Crippen molar-refractivity contribution < 1.29 is 26.1 Å². The van der Waals surface area contributed by atoms with Crippen LogP contribution in [0.1, 0.15) is 128 Å². The van der Waals surface area contributed by atoms with Gasteiger partial charge in [0.05, 0.1) is 0 Å². The number of carbonyl (C=O) groups excluding carboxylic acids is 2. The molecule has 5 heteroatoms. The molecule has 1 aromatic carbocycles. The van der Waals surface area contributed by atoms with E-state index in [0.717, 1.165) is 22.6 Å². The molecule has 0 heterocycles. The van der Waals surface area contributed by atoms with Crippen LogP contribution in [0, 0.1) is 0 Å². The van der Waals surface area contributed by atoms with Crippen LogP contribution in [-0.4, -0.2) is 36.2 Å². The van der Waals surface area contributed by atoms with Crippen molar-refractivity contribution >= 4 is 40.0 Å². The second kappa shape index (κ2) is 19.1. The molecule has 0 atom stereocenters. The van der Waals surface area contributed by atoms with Crippen molar-refractivity contribution in [2.45, 2.75) is 151 Å². The predicted octanol–water partition coefficient (Wildman–Crippen LogP) is 8.86. The molecular formula is C32H52NiO2P2. The summed E-state index contributed by atoms with van der Waals surface area (Å²) in [6, 6.07) is 10.3. The molecule has 0 amide bonds. The SMILES string of the molecule is C=O.C=O.[Ni].c1ccc(P(C2CCCCC2)C2CCCCC2)c(P(C2CCCCC2)C2CCCCC2)c1. The second-order valence-electron chi connectivity index (χ2n) is 11.5.